The zero-order chi connectivity index (χ0) is 22.1. The van der Waals surface area contributed by atoms with Crippen LogP contribution < -0.4 is 10.6 Å². The number of rotatable bonds is 7. The molecule has 11 heteroatoms. The lowest BCUT2D eigenvalue weighted by molar-refractivity contribution is -0.128. The Labute approximate surface area is 188 Å². The molecule has 0 aromatic carbocycles. The highest BCUT2D eigenvalue weighted by Crippen LogP contribution is 2.37. The summed E-state index contributed by atoms with van der Waals surface area (Å²) < 4.78 is 1.72. The fourth-order valence-electron chi connectivity index (χ4n) is 4.08. The van der Waals surface area contributed by atoms with Crippen molar-refractivity contribution < 1.29 is 15.0 Å². The zero-order valence-electron chi connectivity index (χ0n) is 17.2. The number of aromatic nitrogens is 4. The van der Waals surface area contributed by atoms with Crippen LogP contribution in [0.3, 0.4) is 0 Å². The van der Waals surface area contributed by atoms with E-state index >= 15 is 0 Å². The number of fused-ring (bicyclic) bond motifs is 1. The first kappa shape index (κ1) is 21.9. The van der Waals surface area contributed by atoms with E-state index < -0.39 is 24.2 Å². The summed E-state index contributed by atoms with van der Waals surface area (Å²) in [6, 6.07) is 1.42. The molecule has 9 nitrogen and oxygen atoms in total. The normalized spacial score (nSPS) is 24.4. The minimum atomic E-state index is -1.15. The van der Waals surface area contributed by atoms with Crippen molar-refractivity contribution in [1.29, 1.82) is 0 Å². The van der Waals surface area contributed by atoms with Crippen LogP contribution >= 0.6 is 22.9 Å². The molecule has 1 amide bonds. The third kappa shape index (κ3) is 4.25. The van der Waals surface area contributed by atoms with Gasteiger partial charge in [0, 0.05) is 23.9 Å². The molecule has 31 heavy (non-hydrogen) atoms. The van der Waals surface area contributed by atoms with Crippen molar-refractivity contribution in [3.8, 4) is 0 Å². The van der Waals surface area contributed by atoms with Gasteiger partial charge in [0.25, 0.3) is 0 Å². The quantitative estimate of drug-likeness (QED) is 0.421. The Bertz CT molecular complexity index is 1070. The maximum atomic E-state index is 12.3. The predicted molar refractivity (Wildman–Crippen MR) is 119 cm³/mol. The largest absolute Gasteiger partial charge is 0.390 e. The molecule has 0 bridgehead atoms. The van der Waals surface area contributed by atoms with Gasteiger partial charge in [0.1, 0.15) is 17.9 Å². The van der Waals surface area contributed by atoms with Gasteiger partial charge in [-0.05, 0) is 31.7 Å². The Kier molecular flexibility index (Phi) is 6.42. The summed E-state index contributed by atoms with van der Waals surface area (Å²) in [6.45, 7) is 4.32. The Morgan fingerprint density at radius 2 is 2.16 bits per heavy atom. The first-order chi connectivity index (χ1) is 14.9. The third-order valence-electron chi connectivity index (χ3n) is 5.62. The molecule has 5 atom stereocenters. The molecular formula is C20H25ClN6O3S. The second-order valence-electron chi connectivity index (χ2n) is 7.77. The topological polar surface area (TPSA) is 125 Å². The molecule has 0 unspecified atom stereocenters. The standard InChI is InChI=1S/C20H25ClN6O3S/c1-3-22-20(30)11-7-13(17(29)16(11)28)27-9-25-15-18(23-8-24-19(15)27)26-10(2)6-14-12(21)4-5-31-14/h4-5,8-11,13,16-17,28-29H,3,6-7H2,1-2H3,(H,22,30)(H,23,24,26)/t10-,11+,13-,16-,17+/m1/s1. The number of hydrogen-bond acceptors (Lipinski definition) is 8. The van der Waals surface area contributed by atoms with E-state index in [1.165, 1.54) is 6.33 Å². The maximum absolute atomic E-state index is 12.3. The van der Waals surface area contributed by atoms with E-state index in [0.717, 1.165) is 16.3 Å². The number of halogens is 1. The molecule has 3 heterocycles. The van der Waals surface area contributed by atoms with Gasteiger partial charge < -0.3 is 25.4 Å². The molecule has 166 valence electrons. The number of aliphatic hydroxyl groups excluding tert-OH is 2. The smallest absolute Gasteiger partial charge is 0.225 e. The van der Waals surface area contributed by atoms with E-state index in [2.05, 4.69) is 25.6 Å². The summed E-state index contributed by atoms with van der Waals surface area (Å²) in [4.78, 5) is 26.5. The predicted octanol–water partition coefficient (Wildman–Crippen LogP) is 2.00. The van der Waals surface area contributed by atoms with Crippen LogP contribution in [-0.2, 0) is 11.2 Å². The van der Waals surface area contributed by atoms with Gasteiger partial charge in [-0.15, -0.1) is 11.3 Å². The van der Waals surface area contributed by atoms with Crippen molar-refractivity contribution in [1.82, 2.24) is 24.8 Å². The van der Waals surface area contributed by atoms with Gasteiger partial charge in [-0.25, -0.2) is 15.0 Å². The van der Waals surface area contributed by atoms with Crippen LogP contribution in [-0.4, -0.2) is 60.4 Å². The Morgan fingerprint density at radius 3 is 2.87 bits per heavy atom. The van der Waals surface area contributed by atoms with Crippen LogP contribution in [0.5, 0.6) is 0 Å². The molecule has 1 fully saturated rings. The van der Waals surface area contributed by atoms with E-state index in [1.54, 1.807) is 22.2 Å². The zero-order valence-corrected chi connectivity index (χ0v) is 18.8. The first-order valence-electron chi connectivity index (χ1n) is 10.2. The summed E-state index contributed by atoms with van der Waals surface area (Å²) in [5.74, 6) is -0.372. The summed E-state index contributed by atoms with van der Waals surface area (Å²) in [7, 11) is 0. The lowest BCUT2D eigenvalue weighted by Crippen LogP contribution is -2.38. The van der Waals surface area contributed by atoms with Crippen molar-refractivity contribution in [2.45, 2.75) is 51.0 Å². The third-order valence-corrected chi connectivity index (χ3v) is 7.03. The number of amides is 1. The molecular weight excluding hydrogens is 440 g/mol. The van der Waals surface area contributed by atoms with Crippen LogP contribution in [0.4, 0.5) is 5.82 Å². The van der Waals surface area contributed by atoms with E-state index in [-0.39, 0.29) is 11.9 Å². The van der Waals surface area contributed by atoms with Crippen LogP contribution in [0.25, 0.3) is 11.2 Å². The highest BCUT2D eigenvalue weighted by molar-refractivity contribution is 7.10. The Balaban J connectivity index is 1.56. The average molecular weight is 465 g/mol. The van der Waals surface area contributed by atoms with Crippen LogP contribution in [0.1, 0.15) is 31.2 Å². The van der Waals surface area contributed by atoms with E-state index in [9.17, 15) is 15.0 Å². The fourth-order valence-corrected chi connectivity index (χ4v) is 5.33. The number of thiophene rings is 1. The van der Waals surface area contributed by atoms with Gasteiger partial charge >= 0.3 is 0 Å². The molecule has 1 aliphatic rings. The molecule has 1 saturated carbocycles. The lowest BCUT2D eigenvalue weighted by atomic mass is 10.0. The van der Waals surface area contributed by atoms with Crippen LogP contribution in [0.15, 0.2) is 24.1 Å². The number of anilines is 1. The van der Waals surface area contributed by atoms with Gasteiger partial charge in [0.15, 0.2) is 11.5 Å². The Hall–Kier alpha value is -2.27. The second kappa shape index (κ2) is 9.07. The summed E-state index contributed by atoms with van der Waals surface area (Å²) in [5, 5.41) is 29.8. The van der Waals surface area contributed by atoms with Crippen molar-refractivity contribution in [2.24, 2.45) is 5.92 Å². The molecule has 0 aliphatic heterocycles. The molecule has 0 spiro atoms. The van der Waals surface area contributed by atoms with Gasteiger partial charge in [0.05, 0.1) is 29.4 Å². The molecule has 0 radical (unpaired) electrons. The molecule has 1 aliphatic carbocycles. The molecule has 4 rings (SSSR count). The number of nitrogens with zero attached hydrogens (tertiary/aromatic N) is 4. The van der Waals surface area contributed by atoms with E-state index in [0.29, 0.717) is 29.9 Å². The van der Waals surface area contributed by atoms with E-state index in [1.807, 2.05) is 25.3 Å². The lowest BCUT2D eigenvalue weighted by Gasteiger charge is -2.18. The van der Waals surface area contributed by atoms with Crippen molar-refractivity contribution >= 4 is 45.8 Å². The van der Waals surface area contributed by atoms with Gasteiger partial charge in [0.2, 0.25) is 5.91 Å². The number of carbonyl (C=O) groups excluding carboxylic acids is 1. The van der Waals surface area contributed by atoms with Gasteiger partial charge in [-0.1, -0.05) is 11.6 Å². The molecule has 0 saturated heterocycles. The number of hydrogen-bond donors (Lipinski definition) is 4. The van der Waals surface area contributed by atoms with Gasteiger partial charge in [-0.2, -0.15) is 0 Å². The van der Waals surface area contributed by atoms with Crippen LogP contribution in [0, 0.1) is 5.92 Å². The number of imidazole rings is 1. The molecule has 3 aromatic rings. The number of carbonyl (C=O) groups is 1. The first-order valence-corrected chi connectivity index (χ1v) is 11.5. The van der Waals surface area contributed by atoms with Gasteiger partial charge in [-0.3, -0.25) is 4.79 Å². The number of aliphatic hydroxyl groups is 2. The monoisotopic (exact) mass is 464 g/mol. The van der Waals surface area contributed by atoms with Crippen molar-refractivity contribution in [3.63, 3.8) is 0 Å². The Morgan fingerprint density at radius 1 is 1.35 bits per heavy atom. The fraction of sp³-hybridized carbons (Fsp3) is 0.500. The summed E-state index contributed by atoms with van der Waals surface area (Å²) in [6.07, 6.45) is 1.79. The number of nitrogens with one attached hydrogen (secondary N) is 2. The van der Waals surface area contributed by atoms with E-state index in [4.69, 9.17) is 11.6 Å². The van der Waals surface area contributed by atoms with Crippen molar-refractivity contribution in [3.05, 3.63) is 34.0 Å². The summed E-state index contributed by atoms with van der Waals surface area (Å²) >= 11 is 7.82. The minimum Gasteiger partial charge on any atom is -0.390 e. The maximum Gasteiger partial charge on any atom is 0.225 e. The second-order valence-corrected chi connectivity index (χ2v) is 9.18. The van der Waals surface area contributed by atoms with Crippen molar-refractivity contribution in [2.75, 3.05) is 11.9 Å². The highest BCUT2D eigenvalue weighted by atomic mass is 35.5. The minimum absolute atomic E-state index is 0.0559. The summed E-state index contributed by atoms with van der Waals surface area (Å²) in [5.41, 5.74) is 1.10. The highest BCUT2D eigenvalue weighted by Gasteiger charge is 2.46. The van der Waals surface area contributed by atoms with Crippen LogP contribution in [0.2, 0.25) is 5.02 Å². The SMILES string of the molecule is CCNC(=O)[C@H]1C[C@@H](n2cnc3c(N[C@H](C)Cc4sccc4Cl)ncnc32)[C@H](O)[C@@H]1O. The average Bonchev–Trinajstić information content (AvgIpc) is 3.42. The molecule has 3 aromatic heterocycles. The molecule has 4 N–H and O–H groups in total.